The van der Waals surface area contributed by atoms with Crippen LogP contribution >= 0.6 is 11.6 Å². The first kappa shape index (κ1) is 13.1. The molecule has 0 radical (unpaired) electrons. The average molecular weight is 269 g/mol. The second-order valence-electron chi connectivity index (χ2n) is 4.12. The molecule has 5 heteroatoms. The van der Waals surface area contributed by atoms with Gasteiger partial charge in [-0.2, -0.15) is 0 Å². The maximum Gasteiger partial charge on any atom is 0.211 e. The third-order valence-electron chi connectivity index (χ3n) is 2.64. The number of hydrogen-bond donors (Lipinski definition) is 1. The van der Waals surface area contributed by atoms with Gasteiger partial charge < -0.3 is 9.73 Å². The Morgan fingerprint density at radius 1 is 1.50 bits per heavy atom. The SMILES string of the molecule is Cc1cnc(C(C)NCc2cccc(Cl)c2F)o1. The van der Waals surface area contributed by atoms with Crippen LogP contribution in [0.5, 0.6) is 0 Å². The smallest absolute Gasteiger partial charge is 0.211 e. The minimum absolute atomic E-state index is 0.0860. The van der Waals surface area contributed by atoms with E-state index in [1.807, 2.05) is 13.8 Å². The molecule has 0 fully saturated rings. The molecule has 1 heterocycles. The summed E-state index contributed by atoms with van der Waals surface area (Å²) < 4.78 is 19.0. The summed E-state index contributed by atoms with van der Waals surface area (Å²) in [6.07, 6.45) is 1.66. The summed E-state index contributed by atoms with van der Waals surface area (Å²) >= 11 is 5.72. The highest BCUT2D eigenvalue weighted by Crippen LogP contribution is 2.19. The van der Waals surface area contributed by atoms with Gasteiger partial charge in [-0.3, -0.25) is 0 Å². The standard InChI is InChI=1S/C13H14ClFN2O/c1-8-6-17-13(18-8)9(2)16-7-10-4-3-5-11(14)12(10)15/h3-6,9,16H,7H2,1-2H3. The van der Waals surface area contributed by atoms with E-state index in [-0.39, 0.29) is 16.9 Å². The molecule has 0 aliphatic carbocycles. The van der Waals surface area contributed by atoms with E-state index in [1.54, 1.807) is 18.3 Å². The zero-order valence-corrected chi connectivity index (χ0v) is 11.0. The summed E-state index contributed by atoms with van der Waals surface area (Å²) in [6.45, 7) is 4.11. The Bertz CT molecular complexity index is 542. The third kappa shape index (κ3) is 2.89. The molecule has 3 nitrogen and oxygen atoms in total. The van der Waals surface area contributed by atoms with E-state index in [4.69, 9.17) is 16.0 Å². The Balaban J connectivity index is 2.01. The predicted molar refractivity (Wildman–Crippen MR) is 67.9 cm³/mol. The second-order valence-corrected chi connectivity index (χ2v) is 4.53. The van der Waals surface area contributed by atoms with Gasteiger partial charge in [0.15, 0.2) is 0 Å². The molecule has 18 heavy (non-hydrogen) atoms. The highest BCUT2D eigenvalue weighted by molar-refractivity contribution is 6.30. The average Bonchev–Trinajstić information content (AvgIpc) is 2.77. The molecule has 0 saturated heterocycles. The number of benzene rings is 1. The first-order chi connectivity index (χ1) is 8.58. The van der Waals surface area contributed by atoms with Crippen molar-refractivity contribution in [2.45, 2.75) is 26.4 Å². The van der Waals surface area contributed by atoms with Crippen LogP contribution in [0.2, 0.25) is 5.02 Å². The fourth-order valence-corrected chi connectivity index (χ4v) is 1.80. The summed E-state index contributed by atoms with van der Waals surface area (Å²) in [5.41, 5.74) is 0.526. The van der Waals surface area contributed by atoms with Crippen LogP contribution in [0.15, 0.2) is 28.8 Å². The zero-order valence-electron chi connectivity index (χ0n) is 10.2. The molecule has 1 unspecified atom stereocenters. The third-order valence-corrected chi connectivity index (χ3v) is 2.93. The Morgan fingerprint density at radius 2 is 2.28 bits per heavy atom. The quantitative estimate of drug-likeness (QED) is 0.920. The molecule has 1 aromatic carbocycles. The van der Waals surface area contributed by atoms with Crippen molar-refractivity contribution >= 4 is 11.6 Å². The molecule has 1 N–H and O–H groups in total. The van der Waals surface area contributed by atoms with Crippen molar-refractivity contribution in [3.05, 3.63) is 52.5 Å². The van der Waals surface area contributed by atoms with Gasteiger partial charge in [-0.1, -0.05) is 23.7 Å². The number of halogens is 2. The molecule has 2 aromatic rings. The monoisotopic (exact) mass is 268 g/mol. The van der Waals surface area contributed by atoms with Gasteiger partial charge >= 0.3 is 0 Å². The zero-order chi connectivity index (χ0) is 13.1. The lowest BCUT2D eigenvalue weighted by atomic mass is 10.2. The van der Waals surface area contributed by atoms with Crippen LogP contribution in [0.1, 0.15) is 30.2 Å². The van der Waals surface area contributed by atoms with Gasteiger partial charge in [0.2, 0.25) is 5.89 Å². The fraction of sp³-hybridized carbons (Fsp3) is 0.308. The summed E-state index contributed by atoms with van der Waals surface area (Å²) in [7, 11) is 0. The van der Waals surface area contributed by atoms with Gasteiger partial charge in [0.25, 0.3) is 0 Å². The minimum Gasteiger partial charge on any atom is -0.444 e. The summed E-state index contributed by atoms with van der Waals surface area (Å²) in [6, 6.07) is 4.86. The van der Waals surface area contributed by atoms with E-state index in [0.29, 0.717) is 18.0 Å². The Hall–Kier alpha value is -1.39. The molecule has 0 spiro atoms. The highest BCUT2D eigenvalue weighted by Gasteiger charge is 2.12. The van der Waals surface area contributed by atoms with Gasteiger partial charge in [-0.25, -0.2) is 9.37 Å². The number of hydrogen-bond acceptors (Lipinski definition) is 3. The largest absolute Gasteiger partial charge is 0.444 e. The van der Waals surface area contributed by atoms with Crippen LogP contribution in [0.3, 0.4) is 0 Å². The molecule has 1 atom stereocenters. The molecule has 1 aromatic heterocycles. The van der Waals surface area contributed by atoms with E-state index in [2.05, 4.69) is 10.3 Å². The minimum atomic E-state index is -0.387. The van der Waals surface area contributed by atoms with Gasteiger partial charge in [0.1, 0.15) is 11.6 Å². The van der Waals surface area contributed by atoms with Crippen molar-refractivity contribution in [3.8, 4) is 0 Å². The highest BCUT2D eigenvalue weighted by atomic mass is 35.5. The van der Waals surface area contributed by atoms with Gasteiger partial charge in [-0.15, -0.1) is 0 Å². The van der Waals surface area contributed by atoms with Gasteiger partial charge in [-0.05, 0) is 19.9 Å². The van der Waals surface area contributed by atoms with Crippen molar-refractivity contribution in [1.82, 2.24) is 10.3 Å². The van der Waals surface area contributed by atoms with Crippen LogP contribution in [-0.4, -0.2) is 4.98 Å². The molecule has 0 saturated carbocycles. The summed E-state index contributed by atoms with van der Waals surface area (Å²) in [4.78, 5) is 4.12. The molecular formula is C13H14ClFN2O. The lowest BCUT2D eigenvalue weighted by Gasteiger charge is -2.11. The normalized spacial score (nSPS) is 12.7. The molecule has 0 aliphatic rings. The van der Waals surface area contributed by atoms with Gasteiger partial charge in [0.05, 0.1) is 17.3 Å². The van der Waals surface area contributed by atoms with Crippen molar-refractivity contribution in [3.63, 3.8) is 0 Å². The molecular weight excluding hydrogens is 255 g/mol. The first-order valence-electron chi connectivity index (χ1n) is 5.66. The lowest BCUT2D eigenvalue weighted by molar-refractivity contribution is 0.400. The Labute approximate surface area is 110 Å². The number of nitrogens with one attached hydrogen (secondary N) is 1. The van der Waals surface area contributed by atoms with Crippen molar-refractivity contribution in [2.24, 2.45) is 0 Å². The molecule has 96 valence electrons. The number of rotatable bonds is 4. The summed E-state index contributed by atoms with van der Waals surface area (Å²) in [5.74, 6) is 0.963. The first-order valence-corrected chi connectivity index (χ1v) is 6.04. The molecule has 0 amide bonds. The van der Waals surface area contributed by atoms with Crippen molar-refractivity contribution < 1.29 is 8.81 Å². The maximum atomic E-state index is 13.6. The second kappa shape index (κ2) is 5.50. The number of aryl methyl sites for hydroxylation is 1. The number of aromatic nitrogens is 1. The van der Waals surface area contributed by atoms with Crippen LogP contribution in [-0.2, 0) is 6.54 Å². The van der Waals surface area contributed by atoms with Crippen LogP contribution < -0.4 is 5.32 Å². The fourth-order valence-electron chi connectivity index (χ4n) is 1.61. The van der Waals surface area contributed by atoms with Crippen LogP contribution in [0.4, 0.5) is 4.39 Å². The van der Waals surface area contributed by atoms with Crippen LogP contribution in [0.25, 0.3) is 0 Å². The predicted octanol–water partition coefficient (Wildman–Crippen LogP) is 3.63. The van der Waals surface area contributed by atoms with E-state index < -0.39 is 0 Å². The molecule has 2 rings (SSSR count). The van der Waals surface area contributed by atoms with Gasteiger partial charge in [0, 0.05) is 12.1 Å². The molecule has 0 aliphatic heterocycles. The number of nitrogens with zero attached hydrogens (tertiary/aromatic N) is 1. The van der Waals surface area contributed by atoms with Crippen molar-refractivity contribution in [1.29, 1.82) is 0 Å². The van der Waals surface area contributed by atoms with E-state index in [0.717, 1.165) is 5.76 Å². The topological polar surface area (TPSA) is 38.1 Å². The Morgan fingerprint density at radius 3 is 2.94 bits per heavy atom. The van der Waals surface area contributed by atoms with E-state index in [1.165, 1.54) is 6.07 Å². The molecule has 0 bridgehead atoms. The van der Waals surface area contributed by atoms with Crippen molar-refractivity contribution in [2.75, 3.05) is 0 Å². The number of oxazole rings is 1. The van der Waals surface area contributed by atoms with Crippen LogP contribution in [0, 0.1) is 12.7 Å². The lowest BCUT2D eigenvalue weighted by Crippen LogP contribution is -2.19. The van der Waals surface area contributed by atoms with E-state index >= 15 is 0 Å². The summed E-state index contributed by atoms with van der Waals surface area (Å²) in [5, 5.41) is 3.27. The maximum absolute atomic E-state index is 13.6. The Kier molecular flexibility index (Phi) is 3.99. The van der Waals surface area contributed by atoms with E-state index in [9.17, 15) is 4.39 Å².